The van der Waals surface area contributed by atoms with Crippen LogP contribution < -0.4 is 10.4 Å². The molecule has 16 nitrogen and oxygen atoms in total. The van der Waals surface area contributed by atoms with E-state index in [1.807, 2.05) is 0 Å². The van der Waals surface area contributed by atoms with Crippen LogP contribution in [-0.2, 0) is 65.8 Å². The highest BCUT2D eigenvalue weighted by molar-refractivity contribution is 7.03. The van der Waals surface area contributed by atoms with Gasteiger partial charge in [0.25, 0.3) is 0 Å². The second-order valence-corrected chi connectivity index (χ2v) is 137. The first-order valence-electron chi connectivity index (χ1n) is 52.5. The summed E-state index contributed by atoms with van der Waals surface area (Å²) in [4.78, 5) is 0. The predicted molar refractivity (Wildman–Crippen MR) is 658 cm³/mol. The third-order valence-electron chi connectivity index (χ3n) is 22.1. The van der Waals surface area contributed by atoms with Crippen molar-refractivity contribution in [2.75, 3.05) is 0 Å². The van der Waals surface area contributed by atoms with Crippen molar-refractivity contribution in [1.82, 2.24) is 0 Å². The molecule has 2 fully saturated rings. The van der Waals surface area contributed by atoms with Crippen LogP contribution in [0.25, 0.3) is 0 Å². The monoisotopic (exact) mass is 2270 g/mol. The van der Waals surface area contributed by atoms with Crippen LogP contribution >= 0.6 is 0 Å². The van der Waals surface area contributed by atoms with Crippen LogP contribution in [0.15, 0.2) is 60.7 Å². The molecule has 0 aliphatic heterocycles. The number of hydrogen-bond acceptors (Lipinski definition) is 16. The van der Waals surface area contributed by atoms with E-state index >= 15 is 0 Å². The number of rotatable bonds is 59. The van der Waals surface area contributed by atoms with Crippen LogP contribution in [0.5, 0.6) is 0 Å². The van der Waals surface area contributed by atoms with Gasteiger partial charge in [0.05, 0.1) is 0 Å². The normalized spacial score (nSPS) is 19.5. The van der Waals surface area contributed by atoms with Gasteiger partial charge in [0, 0.05) is 0 Å². The van der Waals surface area contributed by atoms with Gasteiger partial charge in [0.1, 0.15) is 0 Å². The molecule has 11 atom stereocenters. The zero-order valence-corrected chi connectivity index (χ0v) is 118. The Hall–Kier alpha value is 2.35. The van der Waals surface area contributed by atoms with E-state index in [1.165, 1.54) is 31.7 Å². The minimum Gasteiger partial charge on any atom is -0.456 e. The topological polar surface area (TPSA) is 148 Å². The summed E-state index contributed by atoms with van der Waals surface area (Å²) in [5, 5.41) is 2.21. The van der Waals surface area contributed by atoms with E-state index in [0.717, 1.165) is 159 Å². The van der Waals surface area contributed by atoms with Crippen LogP contribution in [-0.4, -0.2) is 177 Å². The Morgan fingerprint density at radius 2 is 0.478 bits per heavy atom. The molecule has 2 aliphatic rings. The zero-order valence-electron chi connectivity index (χ0n) is 96.9. The Balaban J connectivity index is -0.000000681. The third-order valence-corrected chi connectivity index (χ3v) is 96.3. The average molecular weight is 2270 g/mol. The molecule has 2 bridgehead atoms. The molecule has 4 rings (SSSR count). The summed E-state index contributed by atoms with van der Waals surface area (Å²) in [6, 6.07) is 28.2. The minimum absolute atomic E-state index is 0. The number of hydrogen-bond donors (Lipinski definition) is 0. The summed E-state index contributed by atoms with van der Waals surface area (Å²) in [5.41, 5.74) is 0. The molecule has 37 heteroatoms. The molecule has 2 aliphatic carbocycles. The van der Waals surface area contributed by atoms with Crippen molar-refractivity contribution in [1.29, 1.82) is 0 Å². The molecule has 136 heavy (non-hydrogen) atoms. The zero-order chi connectivity index (χ0) is 103. The van der Waals surface area contributed by atoms with Gasteiger partial charge in [-0.2, -0.15) is 0 Å². The van der Waals surface area contributed by atoms with E-state index in [2.05, 4.69) is 404 Å². The molecule has 2 saturated carbocycles. The van der Waals surface area contributed by atoms with Crippen LogP contribution in [0.3, 0.4) is 0 Å². The number of benzene rings is 2. The molecule has 2 aromatic rings. The summed E-state index contributed by atoms with van der Waals surface area (Å²) in [7, 11) is -44.6. The highest BCUT2D eigenvalue weighted by Gasteiger charge is 2.59. The minimum atomic E-state index is -3.27. The maximum absolute atomic E-state index is 7.89. The Morgan fingerprint density at radius 1 is 0.243 bits per heavy atom. The standard InChI is InChI=1S/C50H106O9Si10.C21H44OSi2.3C8H24O2Si3.4CH4/c1-21-27-43-63(15,51-60(7,8)9)55-65(17,45-29-23-3)57-67(19,47-31-25-5)59-68(20,48-32-26-6)58-66(18,46-30-24-4)56-64(16,44-28-22-2)53-62(13,14)54-69(52-61(10,11)12,49-39-35-33-36-40-49)50-41-37-34-38-42-50;1-9-10-19-20(13-16(2)3)18-14-17(21(19)15-18)11-12-24(7,8)22-23(4,5)6;3*1-11(2,3)9-13(7,8)10-12(4,5)6;;;;/h33-42H,21-32,43-48H2,1-20H3;16-21H,9-15H2,1-8H3;3*1-8H3;4*1H4. The lowest BCUT2D eigenvalue weighted by Gasteiger charge is -2.48. The summed E-state index contributed by atoms with van der Waals surface area (Å²) in [5.74, 6) is 6.10. The number of unbranched alkanes of at least 4 members (excludes halogenated alkanes) is 6. The van der Waals surface area contributed by atoms with Crippen molar-refractivity contribution in [3.05, 3.63) is 60.7 Å². The van der Waals surface area contributed by atoms with Crippen molar-refractivity contribution < 1.29 is 65.8 Å². The van der Waals surface area contributed by atoms with Gasteiger partial charge in [-0.05, 0) is 389 Å². The van der Waals surface area contributed by atoms with Gasteiger partial charge in [-0.25, -0.2) is 0 Å². The number of fused-ring (bicyclic) bond motifs is 2. The summed E-state index contributed by atoms with van der Waals surface area (Å²) in [6.45, 7) is 118. The van der Waals surface area contributed by atoms with Crippen LogP contribution in [0.4, 0.5) is 0 Å². The first-order valence-corrected chi connectivity index (χ1v) is 115. The summed E-state index contributed by atoms with van der Waals surface area (Å²) < 4.78 is 112. The highest BCUT2D eigenvalue weighted by Crippen LogP contribution is 2.60. The SMILES string of the molecule is C.C.C.C.CCCC1C(CC(C)C)C2CC(CC[Si](C)(C)O[Si](C)(C)C)C1C2.CCCC[Si](C)(O[Si](C)(C)C)O[Si](C)(CCCC)O[Si](C)(CCCC)O[Si](C)(CCCC)O[Si](C)(CCCC)O[Si](C)(CCCC)O[Si](C)(C)O[Si](O[Si](C)(C)C)(c1ccccc1)c1ccccc1.C[Si](C)(C)O[Si](C)(C)O[Si](C)(C)C.C[Si](C)(C)O[Si](C)(C)O[Si](C)(C)C.C[Si](C)(C)O[Si](C)(C)O[Si](C)(C)C. The molecule has 814 valence electrons. The van der Waals surface area contributed by atoms with Crippen LogP contribution in [0.2, 0.25) is 324 Å². The van der Waals surface area contributed by atoms with Gasteiger partial charge in [-0.3, -0.25) is 0 Å². The molecule has 0 amide bonds. The average Bonchev–Trinajstić information content (AvgIpc) is 0.999. The van der Waals surface area contributed by atoms with Gasteiger partial charge in [-0.15, -0.1) is 0 Å². The lowest BCUT2D eigenvalue weighted by atomic mass is 9.69. The third kappa shape index (κ3) is 66.8. The lowest BCUT2D eigenvalue weighted by molar-refractivity contribution is 0.129. The van der Waals surface area contributed by atoms with Gasteiger partial charge in [0.15, 0.2) is 83.2 Å². The van der Waals surface area contributed by atoms with E-state index in [1.54, 1.807) is 12.8 Å². The molecule has 2 aromatic carbocycles. The maximum Gasteiger partial charge on any atom is 0.388 e. The van der Waals surface area contributed by atoms with Crippen LogP contribution in [0, 0.1) is 35.5 Å². The van der Waals surface area contributed by atoms with E-state index in [9.17, 15) is 0 Å². The molecule has 0 heterocycles. The second-order valence-electron chi connectivity index (χ2n) is 51.7. The quantitative estimate of drug-likeness (QED) is 0.0578. The molecule has 0 radical (unpaired) electrons. The van der Waals surface area contributed by atoms with Crippen molar-refractivity contribution in [2.45, 2.75) is 531 Å². The molecular weight excluding hydrogens is 2030 g/mol. The smallest absolute Gasteiger partial charge is 0.388 e. The Morgan fingerprint density at radius 3 is 0.706 bits per heavy atom. The fourth-order valence-electron chi connectivity index (χ4n) is 20.4. The summed E-state index contributed by atoms with van der Waals surface area (Å²) >= 11 is 0. The van der Waals surface area contributed by atoms with Crippen molar-refractivity contribution >= 4 is 188 Å². The lowest BCUT2D eigenvalue weighted by Crippen LogP contribution is -2.71. The van der Waals surface area contributed by atoms with Crippen molar-refractivity contribution in [2.24, 2.45) is 35.5 Å². The second kappa shape index (κ2) is 61.8. The fraction of sp³-hybridized carbons (Fsp3) is 0.879. The maximum atomic E-state index is 7.89. The summed E-state index contributed by atoms with van der Waals surface area (Å²) in [6.07, 6.45) is 21.7. The van der Waals surface area contributed by atoms with Crippen molar-refractivity contribution in [3.63, 3.8) is 0 Å². The van der Waals surface area contributed by atoms with E-state index < -0.39 is 177 Å². The van der Waals surface area contributed by atoms with E-state index in [0.29, 0.717) is 0 Å². The highest BCUT2D eigenvalue weighted by atomic mass is 28.5. The van der Waals surface area contributed by atoms with Gasteiger partial charge in [0.2, 0.25) is 0 Å². The van der Waals surface area contributed by atoms with E-state index in [4.69, 9.17) is 65.8 Å². The molecule has 0 N–H and O–H groups in total. The predicted octanol–water partition coefficient (Wildman–Crippen LogP) is 35.9. The molecule has 0 aromatic heterocycles. The first-order chi connectivity index (χ1) is 59.2. The molecule has 0 spiro atoms. The van der Waals surface area contributed by atoms with Crippen molar-refractivity contribution in [3.8, 4) is 0 Å². The largest absolute Gasteiger partial charge is 0.456 e. The molecular formula is C99H238O16Si21. The fourth-order valence-corrected chi connectivity index (χ4v) is 118. The Kier molecular flexibility index (Phi) is 66.6. The van der Waals surface area contributed by atoms with Crippen LogP contribution in [0.1, 0.15) is 208 Å². The molecule has 11 unspecified atom stereocenters. The Bertz CT molecular complexity index is 3270. The first kappa shape index (κ1) is 147. The molecule has 0 saturated heterocycles. The van der Waals surface area contributed by atoms with Gasteiger partial charge < -0.3 is 65.8 Å². The van der Waals surface area contributed by atoms with Gasteiger partial charge in [-0.1, -0.05) is 249 Å². The Labute approximate surface area is 873 Å². The van der Waals surface area contributed by atoms with E-state index in [-0.39, 0.29) is 29.7 Å². The van der Waals surface area contributed by atoms with Gasteiger partial charge >= 0.3 is 94.2 Å².